The molecule has 1 aliphatic heterocycles. The molecule has 2 rings (SSSR count). The maximum absolute atomic E-state index is 12.0. The summed E-state index contributed by atoms with van der Waals surface area (Å²) in [5, 5.41) is 0.610. The normalized spacial score (nSPS) is 18.2. The third-order valence-corrected chi connectivity index (χ3v) is 4.63. The van der Waals surface area contributed by atoms with Crippen LogP contribution in [-0.2, 0) is 21.5 Å². The number of aliphatic imine (C=N–C) groups is 1. The van der Waals surface area contributed by atoms with E-state index >= 15 is 0 Å². The highest BCUT2D eigenvalue weighted by molar-refractivity contribution is 7.87. The maximum atomic E-state index is 12.0. The van der Waals surface area contributed by atoms with Crippen LogP contribution in [-0.4, -0.2) is 31.9 Å². The quantitative estimate of drug-likeness (QED) is 0.854. The van der Waals surface area contributed by atoms with Gasteiger partial charge in [-0.2, -0.15) is 8.42 Å². The zero-order chi connectivity index (χ0) is 15.6. The summed E-state index contributed by atoms with van der Waals surface area (Å²) in [5.41, 5.74) is 1.37. The smallest absolute Gasteiger partial charge is 0.288 e. The summed E-state index contributed by atoms with van der Waals surface area (Å²) >= 11 is 5.87. The number of hydrogen-bond donors (Lipinski definition) is 1. The highest BCUT2D eigenvalue weighted by atomic mass is 35.5. The average molecular weight is 328 g/mol. The van der Waals surface area contributed by atoms with Crippen molar-refractivity contribution in [3.63, 3.8) is 0 Å². The van der Waals surface area contributed by atoms with E-state index in [1.54, 1.807) is 12.1 Å². The molecule has 0 spiro atoms. The lowest BCUT2D eigenvalue weighted by molar-refractivity contribution is -0.121. The van der Waals surface area contributed by atoms with Gasteiger partial charge in [-0.15, -0.1) is 0 Å². The molecule has 0 aliphatic carbocycles. The zero-order valence-electron chi connectivity index (χ0n) is 11.5. The van der Waals surface area contributed by atoms with E-state index in [2.05, 4.69) is 9.71 Å². The van der Waals surface area contributed by atoms with Crippen molar-refractivity contribution in [3.05, 3.63) is 46.1 Å². The molecule has 0 saturated heterocycles. The first-order chi connectivity index (χ1) is 9.81. The van der Waals surface area contributed by atoms with Crippen LogP contribution in [0.1, 0.15) is 12.5 Å². The molecule has 0 unspecified atom stereocenters. The molecular weight excluding hydrogens is 314 g/mol. The summed E-state index contributed by atoms with van der Waals surface area (Å²) in [6.07, 6.45) is 1.37. The monoisotopic (exact) mass is 327 g/mol. The van der Waals surface area contributed by atoms with Crippen molar-refractivity contribution in [2.75, 3.05) is 7.05 Å². The van der Waals surface area contributed by atoms with Crippen LogP contribution in [0.5, 0.6) is 0 Å². The maximum Gasteiger partial charge on any atom is 0.325 e. The van der Waals surface area contributed by atoms with Crippen LogP contribution in [0.3, 0.4) is 0 Å². The van der Waals surface area contributed by atoms with Crippen LogP contribution in [0.25, 0.3) is 0 Å². The summed E-state index contributed by atoms with van der Waals surface area (Å²) in [4.78, 5) is 16.1. The number of amides is 1. The predicted molar refractivity (Wildman–Crippen MR) is 81.2 cm³/mol. The molecule has 1 aromatic rings. The Hall–Kier alpha value is -1.86. The van der Waals surface area contributed by atoms with Gasteiger partial charge in [0.05, 0.1) is 12.1 Å². The Morgan fingerprint density at radius 1 is 1.43 bits per heavy atom. The van der Waals surface area contributed by atoms with Crippen LogP contribution < -0.4 is 4.72 Å². The van der Waals surface area contributed by atoms with Gasteiger partial charge < -0.3 is 0 Å². The van der Waals surface area contributed by atoms with Crippen molar-refractivity contribution < 1.29 is 13.2 Å². The molecule has 6 nitrogen and oxygen atoms in total. The first kappa shape index (κ1) is 15.5. The Bertz CT molecular complexity index is 741. The van der Waals surface area contributed by atoms with Crippen molar-refractivity contribution in [1.29, 1.82) is 0 Å². The molecule has 0 saturated carbocycles. The molecule has 0 bridgehead atoms. The van der Waals surface area contributed by atoms with Gasteiger partial charge in [-0.05, 0) is 24.6 Å². The number of hydrogen-bond acceptors (Lipinski definition) is 4. The second-order valence-electron chi connectivity index (χ2n) is 4.52. The Balaban J connectivity index is 2.19. The van der Waals surface area contributed by atoms with Gasteiger partial charge in [0.25, 0.3) is 5.91 Å². The lowest BCUT2D eigenvalue weighted by Gasteiger charge is -2.25. The molecule has 1 aliphatic rings. The Morgan fingerprint density at radius 3 is 2.81 bits per heavy atom. The highest BCUT2D eigenvalue weighted by Gasteiger charge is 2.32. The highest BCUT2D eigenvalue weighted by Crippen LogP contribution is 2.15. The first-order valence-electron chi connectivity index (χ1n) is 6.07. The molecule has 0 fully saturated rings. The van der Waals surface area contributed by atoms with Crippen LogP contribution in [0.4, 0.5) is 0 Å². The molecule has 1 N–H and O–H groups in total. The fraction of sp³-hybridized carbons (Fsp3) is 0.231. The molecule has 112 valence electrons. The number of carbonyl (C=O) groups excluding carboxylic acids is 1. The van der Waals surface area contributed by atoms with Crippen LogP contribution >= 0.6 is 11.6 Å². The fourth-order valence-electron chi connectivity index (χ4n) is 1.79. The average Bonchev–Trinajstić information content (AvgIpc) is 2.40. The van der Waals surface area contributed by atoms with E-state index in [9.17, 15) is 13.2 Å². The molecule has 21 heavy (non-hydrogen) atoms. The van der Waals surface area contributed by atoms with Crippen molar-refractivity contribution in [1.82, 2.24) is 9.03 Å². The predicted octanol–water partition coefficient (Wildman–Crippen LogP) is 1.49. The molecular formula is C13H14ClN3O3S. The van der Waals surface area contributed by atoms with Crippen LogP contribution in [0.15, 0.2) is 40.5 Å². The van der Waals surface area contributed by atoms with E-state index in [1.165, 1.54) is 20.2 Å². The van der Waals surface area contributed by atoms with Gasteiger partial charge in [0.2, 0.25) is 0 Å². The second-order valence-corrected chi connectivity index (χ2v) is 6.66. The number of rotatable bonds is 3. The SMILES string of the molecule is CC1=C(C=NCc2cccc(Cl)c2)C(=O)N(C)S(=O)(=O)N1. The second kappa shape index (κ2) is 5.87. The van der Waals surface area contributed by atoms with E-state index in [0.717, 1.165) is 5.56 Å². The standard InChI is InChI=1S/C13H14ClN3O3S/c1-9-12(13(18)17(2)21(19,20)16-9)8-15-7-10-4-3-5-11(14)6-10/h3-6,8,16H,7H2,1-2H3. The van der Waals surface area contributed by atoms with Gasteiger partial charge in [0.15, 0.2) is 0 Å². The number of halogens is 1. The largest absolute Gasteiger partial charge is 0.325 e. The van der Waals surface area contributed by atoms with E-state index in [1.807, 2.05) is 12.1 Å². The number of benzene rings is 1. The van der Waals surface area contributed by atoms with Gasteiger partial charge in [0, 0.05) is 24.0 Å². The summed E-state index contributed by atoms with van der Waals surface area (Å²) < 4.78 is 26.1. The minimum Gasteiger partial charge on any atom is -0.288 e. The summed E-state index contributed by atoms with van der Waals surface area (Å²) in [7, 11) is -2.58. The molecule has 8 heteroatoms. The van der Waals surface area contributed by atoms with Crippen molar-refractivity contribution in [2.24, 2.45) is 4.99 Å². The number of allylic oxidation sites excluding steroid dienone is 1. The van der Waals surface area contributed by atoms with Crippen LogP contribution in [0.2, 0.25) is 5.02 Å². The Kier molecular flexibility index (Phi) is 4.34. The van der Waals surface area contributed by atoms with E-state index < -0.39 is 16.1 Å². The summed E-state index contributed by atoms with van der Waals surface area (Å²) in [6.45, 7) is 1.87. The topological polar surface area (TPSA) is 78.8 Å². The van der Waals surface area contributed by atoms with E-state index in [-0.39, 0.29) is 11.3 Å². The fourth-order valence-corrected chi connectivity index (χ4v) is 2.95. The number of nitrogens with zero attached hydrogens (tertiary/aromatic N) is 2. The Labute approximate surface area is 128 Å². The van der Waals surface area contributed by atoms with Gasteiger partial charge in [0.1, 0.15) is 0 Å². The molecule has 1 heterocycles. The molecule has 0 aromatic heterocycles. The number of carbonyl (C=O) groups is 1. The summed E-state index contributed by atoms with van der Waals surface area (Å²) in [5.74, 6) is -0.610. The minimum absolute atomic E-state index is 0.217. The van der Waals surface area contributed by atoms with Gasteiger partial charge >= 0.3 is 10.2 Å². The zero-order valence-corrected chi connectivity index (χ0v) is 13.1. The third kappa shape index (κ3) is 3.43. The Morgan fingerprint density at radius 2 is 2.14 bits per heavy atom. The number of likely N-dealkylation sites (N-methyl/N-ethyl adjacent to an activating group) is 1. The van der Waals surface area contributed by atoms with E-state index in [0.29, 0.717) is 15.9 Å². The molecule has 1 amide bonds. The number of nitrogens with one attached hydrogen (secondary N) is 1. The summed E-state index contributed by atoms with van der Waals surface area (Å²) in [6, 6.07) is 7.21. The van der Waals surface area contributed by atoms with Gasteiger partial charge in [-0.3, -0.25) is 14.5 Å². The lowest BCUT2D eigenvalue weighted by Crippen LogP contribution is -2.47. The minimum atomic E-state index is -3.78. The van der Waals surface area contributed by atoms with Crippen molar-refractivity contribution in [2.45, 2.75) is 13.5 Å². The molecule has 1 aromatic carbocycles. The van der Waals surface area contributed by atoms with E-state index in [4.69, 9.17) is 11.6 Å². The molecule has 0 radical (unpaired) electrons. The third-order valence-electron chi connectivity index (χ3n) is 2.95. The van der Waals surface area contributed by atoms with Gasteiger partial charge in [-0.25, -0.2) is 4.31 Å². The first-order valence-corrected chi connectivity index (χ1v) is 7.89. The van der Waals surface area contributed by atoms with Crippen molar-refractivity contribution in [3.8, 4) is 0 Å². The van der Waals surface area contributed by atoms with Gasteiger partial charge in [-0.1, -0.05) is 23.7 Å². The van der Waals surface area contributed by atoms with Crippen molar-refractivity contribution >= 4 is 33.9 Å². The lowest BCUT2D eigenvalue weighted by atomic mass is 10.2. The van der Waals surface area contributed by atoms with Crippen LogP contribution in [0, 0.1) is 0 Å². The molecule has 0 atom stereocenters.